The number of halogens is 3. The van der Waals surface area contributed by atoms with Crippen molar-refractivity contribution in [3.63, 3.8) is 0 Å². The van der Waals surface area contributed by atoms with Crippen LogP contribution in [-0.2, 0) is 19.7 Å². The van der Waals surface area contributed by atoms with Crippen LogP contribution in [0, 0.1) is 0 Å². The lowest BCUT2D eigenvalue weighted by molar-refractivity contribution is -0.0436. The van der Waals surface area contributed by atoms with E-state index in [-0.39, 0.29) is 10.6 Å². The van der Waals surface area contributed by atoms with Crippen molar-refractivity contribution < 1.29 is 34.7 Å². The molecule has 10 heteroatoms. The van der Waals surface area contributed by atoms with Gasteiger partial charge in [0.1, 0.15) is 16.4 Å². The lowest BCUT2D eigenvalue weighted by atomic mass is 10.3. The summed E-state index contributed by atoms with van der Waals surface area (Å²) in [5, 5.41) is 0. The second kappa shape index (κ2) is 6.10. The van der Waals surface area contributed by atoms with Gasteiger partial charge in [0.25, 0.3) is 9.84 Å². The summed E-state index contributed by atoms with van der Waals surface area (Å²) in [6.07, 6.45) is 0.994. The molecule has 0 saturated heterocycles. The van der Waals surface area contributed by atoms with E-state index >= 15 is 0 Å². The molecule has 0 spiro atoms. The minimum Gasteiger partial charge on any atom is -0.456 e. The lowest BCUT2D eigenvalue weighted by Gasteiger charge is -2.13. The first-order chi connectivity index (χ1) is 10.9. The van der Waals surface area contributed by atoms with Crippen LogP contribution >= 0.6 is 0 Å². The van der Waals surface area contributed by atoms with E-state index in [1.807, 2.05) is 0 Å². The highest BCUT2D eigenvalue weighted by atomic mass is 32.2. The van der Waals surface area contributed by atoms with Gasteiger partial charge in [0.05, 0.1) is 4.90 Å². The highest BCUT2D eigenvalue weighted by molar-refractivity contribution is 7.92. The molecule has 24 heavy (non-hydrogen) atoms. The fourth-order valence-corrected chi connectivity index (χ4v) is 3.28. The minimum absolute atomic E-state index is 0.00720. The summed E-state index contributed by atoms with van der Waals surface area (Å²) < 4.78 is 89.2. The SMILES string of the molecule is CS(=O)(=O)c1ccc(Oc2ccccc2S(=O)(=O)C(F)(F)F)cc1. The maximum atomic E-state index is 12.7. The maximum absolute atomic E-state index is 12.7. The topological polar surface area (TPSA) is 77.5 Å². The Morgan fingerprint density at radius 2 is 1.42 bits per heavy atom. The van der Waals surface area contributed by atoms with Crippen LogP contribution < -0.4 is 4.74 Å². The molecule has 0 aliphatic carbocycles. The van der Waals surface area contributed by atoms with Gasteiger partial charge in [0, 0.05) is 6.26 Å². The van der Waals surface area contributed by atoms with Crippen molar-refractivity contribution in [1.29, 1.82) is 0 Å². The molecule has 0 aliphatic rings. The van der Waals surface area contributed by atoms with E-state index in [0.717, 1.165) is 24.5 Å². The molecule has 0 fully saturated rings. The first-order valence-corrected chi connectivity index (χ1v) is 9.69. The Kier molecular flexibility index (Phi) is 4.64. The summed E-state index contributed by atoms with van der Waals surface area (Å²) in [6.45, 7) is 0. The number of sulfone groups is 2. The number of hydrogen-bond acceptors (Lipinski definition) is 5. The molecule has 130 valence electrons. The second-order valence-electron chi connectivity index (χ2n) is 4.74. The van der Waals surface area contributed by atoms with Crippen molar-refractivity contribution in [2.45, 2.75) is 15.3 Å². The molecule has 0 aliphatic heterocycles. The van der Waals surface area contributed by atoms with E-state index in [4.69, 9.17) is 4.74 Å². The number of ether oxygens (including phenoxy) is 1. The van der Waals surface area contributed by atoms with E-state index in [9.17, 15) is 30.0 Å². The molecule has 2 rings (SSSR count). The van der Waals surface area contributed by atoms with Gasteiger partial charge in [-0.2, -0.15) is 13.2 Å². The van der Waals surface area contributed by atoms with Gasteiger partial charge in [0.2, 0.25) is 0 Å². The Hall–Kier alpha value is -2.07. The van der Waals surface area contributed by atoms with Gasteiger partial charge in [-0.1, -0.05) is 12.1 Å². The van der Waals surface area contributed by atoms with Crippen LogP contribution in [-0.4, -0.2) is 28.6 Å². The van der Waals surface area contributed by atoms with Crippen LogP contribution in [0.3, 0.4) is 0 Å². The number of para-hydroxylation sites is 1. The zero-order valence-electron chi connectivity index (χ0n) is 12.1. The zero-order valence-corrected chi connectivity index (χ0v) is 13.7. The van der Waals surface area contributed by atoms with E-state index in [0.29, 0.717) is 0 Å². The molecule has 0 bridgehead atoms. The van der Waals surface area contributed by atoms with Gasteiger partial charge in [-0.05, 0) is 36.4 Å². The van der Waals surface area contributed by atoms with E-state index in [1.54, 1.807) is 0 Å². The summed E-state index contributed by atoms with van der Waals surface area (Å²) in [5.41, 5.74) is -5.47. The molecule has 0 amide bonds. The molecule has 0 saturated carbocycles. The molecule has 0 atom stereocenters. The van der Waals surface area contributed by atoms with Crippen molar-refractivity contribution in [3.8, 4) is 11.5 Å². The van der Waals surface area contributed by atoms with Crippen molar-refractivity contribution >= 4 is 19.7 Å². The number of alkyl halides is 3. The van der Waals surface area contributed by atoms with Gasteiger partial charge in [-0.3, -0.25) is 0 Å². The van der Waals surface area contributed by atoms with Crippen LogP contribution in [0.25, 0.3) is 0 Å². The third kappa shape index (κ3) is 3.70. The summed E-state index contributed by atoms with van der Waals surface area (Å²) in [6, 6.07) is 9.14. The van der Waals surface area contributed by atoms with Crippen LogP contribution in [0.15, 0.2) is 58.3 Å². The molecule has 0 unspecified atom stereocenters. The predicted molar refractivity (Wildman–Crippen MR) is 79.3 cm³/mol. The van der Waals surface area contributed by atoms with E-state index in [2.05, 4.69) is 0 Å². The molecule has 0 aromatic heterocycles. The average Bonchev–Trinajstić information content (AvgIpc) is 2.46. The number of hydrogen-bond donors (Lipinski definition) is 0. The van der Waals surface area contributed by atoms with Gasteiger partial charge in [-0.25, -0.2) is 16.8 Å². The van der Waals surface area contributed by atoms with Gasteiger partial charge in [-0.15, -0.1) is 0 Å². The monoisotopic (exact) mass is 380 g/mol. The molecule has 0 N–H and O–H groups in total. The van der Waals surface area contributed by atoms with Crippen molar-refractivity contribution in [1.82, 2.24) is 0 Å². The molecule has 0 heterocycles. The highest BCUT2D eigenvalue weighted by Gasteiger charge is 2.48. The first kappa shape index (κ1) is 18.3. The first-order valence-electron chi connectivity index (χ1n) is 6.31. The predicted octanol–water partition coefficient (Wildman–Crippen LogP) is 3.18. The Morgan fingerprint density at radius 1 is 0.875 bits per heavy atom. The second-order valence-corrected chi connectivity index (χ2v) is 8.67. The van der Waals surface area contributed by atoms with Crippen molar-refractivity contribution in [2.75, 3.05) is 6.26 Å². The minimum atomic E-state index is -5.58. The Labute approximate surface area is 136 Å². The standard InChI is InChI=1S/C14H11F3O5S2/c1-23(18,19)11-8-6-10(7-9-11)22-12-4-2-3-5-13(12)24(20,21)14(15,16)17/h2-9H,1H3. The summed E-state index contributed by atoms with van der Waals surface area (Å²) in [4.78, 5) is -1.03. The van der Waals surface area contributed by atoms with Gasteiger partial charge >= 0.3 is 5.51 Å². The van der Waals surface area contributed by atoms with E-state index in [1.165, 1.54) is 30.3 Å². The normalized spacial score (nSPS) is 12.8. The molecular weight excluding hydrogens is 369 g/mol. The molecule has 0 radical (unpaired) electrons. The zero-order chi connectivity index (χ0) is 18.2. The van der Waals surface area contributed by atoms with Crippen molar-refractivity contribution in [3.05, 3.63) is 48.5 Å². The van der Waals surface area contributed by atoms with Crippen molar-refractivity contribution in [2.24, 2.45) is 0 Å². The fourth-order valence-electron chi connectivity index (χ4n) is 1.76. The van der Waals surface area contributed by atoms with Gasteiger partial charge in [0.15, 0.2) is 9.84 Å². The average molecular weight is 380 g/mol. The Bertz CT molecular complexity index is 947. The van der Waals surface area contributed by atoms with E-state index < -0.39 is 35.8 Å². The van der Waals surface area contributed by atoms with Crippen LogP contribution in [0.2, 0.25) is 0 Å². The maximum Gasteiger partial charge on any atom is 0.502 e. The molecule has 2 aromatic rings. The third-order valence-electron chi connectivity index (χ3n) is 2.92. The highest BCUT2D eigenvalue weighted by Crippen LogP contribution is 2.37. The largest absolute Gasteiger partial charge is 0.502 e. The quantitative estimate of drug-likeness (QED) is 0.814. The molecule has 2 aromatic carbocycles. The Balaban J connectivity index is 2.42. The van der Waals surface area contributed by atoms with Crippen LogP contribution in [0.1, 0.15) is 0 Å². The molecular formula is C14H11F3O5S2. The van der Waals surface area contributed by atoms with Crippen LogP contribution in [0.5, 0.6) is 11.5 Å². The number of benzene rings is 2. The summed E-state index contributed by atoms with van der Waals surface area (Å²) in [7, 11) is -9.02. The Morgan fingerprint density at radius 3 is 1.92 bits per heavy atom. The lowest BCUT2D eigenvalue weighted by Crippen LogP contribution is -2.23. The van der Waals surface area contributed by atoms with Gasteiger partial charge < -0.3 is 4.74 Å². The number of rotatable bonds is 4. The fraction of sp³-hybridized carbons (Fsp3) is 0.143. The van der Waals surface area contributed by atoms with Crippen LogP contribution in [0.4, 0.5) is 13.2 Å². The summed E-state index contributed by atoms with van der Waals surface area (Å²) in [5.74, 6) is -0.519. The summed E-state index contributed by atoms with van der Waals surface area (Å²) >= 11 is 0. The smallest absolute Gasteiger partial charge is 0.456 e. The third-order valence-corrected chi connectivity index (χ3v) is 5.58. The molecule has 5 nitrogen and oxygen atoms in total.